The molecule has 0 spiro atoms. The number of ether oxygens (including phenoxy) is 1. The van der Waals surface area contributed by atoms with Crippen LogP contribution in [-0.2, 0) is 6.54 Å². The molecular weight excluding hydrogens is 328 g/mol. The zero-order valence-corrected chi connectivity index (χ0v) is 14.1. The molecule has 0 saturated heterocycles. The maximum Gasteiger partial charge on any atom is 0.262 e. The molecule has 24 heavy (non-hydrogen) atoms. The number of nitrogens with zero attached hydrogens (tertiary/aromatic N) is 3. The lowest BCUT2D eigenvalue weighted by molar-refractivity contribution is 0.0950. The predicted octanol–water partition coefficient (Wildman–Crippen LogP) is 2.83. The number of aryl methyl sites for hydroxylation is 1. The van der Waals surface area contributed by atoms with Gasteiger partial charge in [0, 0.05) is 17.8 Å². The average Bonchev–Trinajstić information content (AvgIpc) is 3.23. The summed E-state index contributed by atoms with van der Waals surface area (Å²) in [4.78, 5) is 21.2. The van der Waals surface area contributed by atoms with Crippen molar-refractivity contribution in [2.45, 2.75) is 20.4 Å². The molecule has 124 valence electrons. The van der Waals surface area contributed by atoms with Crippen LogP contribution >= 0.6 is 11.3 Å². The highest BCUT2D eigenvalue weighted by Crippen LogP contribution is 2.18. The van der Waals surface area contributed by atoms with Gasteiger partial charge in [0.1, 0.15) is 0 Å². The first-order valence-electron chi connectivity index (χ1n) is 7.41. The quantitative estimate of drug-likeness (QED) is 0.739. The highest BCUT2D eigenvalue weighted by atomic mass is 32.1. The van der Waals surface area contributed by atoms with Crippen molar-refractivity contribution >= 4 is 17.2 Å². The van der Waals surface area contributed by atoms with Crippen molar-refractivity contribution in [1.29, 1.82) is 0 Å². The van der Waals surface area contributed by atoms with E-state index in [0.29, 0.717) is 34.6 Å². The molecule has 1 N–H and O–H groups in total. The van der Waals surface area contributed by atoms with E-state index in [4.69, 9.17) is 9.26 Å². The van der Waals surface area contributed by atoms with E-state index in [1.807, 2.05) is 25.3 Å². The highest BCUT2D eigenvalue weighted by molar-refractivity contribution is 7.12. The van der Waals surface area contributed by atoms with Crippen molar-refractivity contribution in [1.82, 2.24) is 20.4 Å². The minimum atomic E-state index is -0.148. The largest absolute Gasteiger partial charge is 0.478 e. The molecule has 3 aromatic heterocycles. The number of carbonyl (C=O) groups excluding carboxylic acids is 1. The Kier molecular flexibility index (Phi) is 4.85. The second-order valence-corrected chi connectivity index (χ2v) is 5.86. The van der Waals surface area contributed by atoms with Crippen molar-refractivity contribution in [3.05, 3.63) is 46.1 Å². The molecule has 0 unspecified atom stereocenters. The molecule has 3 rings (SSSR count). The third-order valence-corrected chi connectivity index (χ3v) is 4.24. The van der Waals surface area contributed by atoms with Crippen LogP contribution in [0.15, 0.2) is 34.3 Å². The lowest BCUT2D eigenvalue weighted by Crippen LogP contribution is -2.22. The van der Waals surface area contributed by atoms with Crippen LogP contribution in [0, 0.1) is 6.92 Å². The molecule has 0 bridgehead atoms. The number of thiophene rings is 1. The van der Waals surface area contributed by atoms with Gasteiger partial charge in [-0.15, -0.1) is 11.3 Å². The van der Waals surface area contributed by atoms with Gasteiger partial charge in [-0.05, 0) is 36.9 Å². The SMILES string of the molecule is CCOc1ccc(-c2noc(CNC(=O)c3sccc3C)n2)cn1. The van der Waals surface area contributed by atoms with Gasteiger partial charge in [-0.2, -0.15) is 4.98 Å². The number of hydrogen-bond donors (Lipinski definition) is 1. The van der Waals surface area contributed by atoms with Crippen LogP contribution < -0.4 is 10.1 Å². The van der Waals surface area contributed by atoms with Gasteiger partial charge in [0.05, 0.1) is 18.0 Å². The molecule has 0 aliphatic heterocycles. The second kappa shape index (κ2) is 7.22. The zero-order chi connectivity index (χ0) is 16.9. The minimum Gasteiger partial charge on any atom is -0.478 e. The zero-order valence-electron chi connectivity index (χ0n) is 13.3. The van der Waals surface area contributed by atoms with Crippen LogP contribution in [0.2, 0.25) is 0 Å². The third kappa shape index (κ3) is 3.60. The molecule has 0 saturated carbocycles. The minimum absolute atomic E-state index is 0.148. The van der Waals surface area contributed by atoms with E-state index in [-0.39, 0.29) is 12.5 Å². The number of amides is 1. The number of aromatic nitrogens is 3. The Hall–Kier alpha value is -2.74. The van der Waals surface area contributed by atoms with Crippen molar-refractivity contribution in [3.63, 3.8) is 0 Å². The Balaban J connectivity index is 1.63. The van der Waals surface area contributed by atoms with Gasteiger partial charge < -0.3 is 14.6 Å². The third-order valence-electron chi connectivity index (χ3n) is 3.22. The summed E-state index contributed by atoms with van der Waals surface area (Å²) in [5.41, 5.74) is 1.66. The number of pyridine rings is 1. The highest BCUT2D eigenvalue weighted by Gasteiger charge is 2.13. The first kappa shape index (κ1) is 16.1. The van der Waals surface area contributed by atoms with Crippen molar-refractivity contribution < 1.29 is 14.1 Å². The molecule has 0 aromatic carbocycles. The van der Waals surface area contributed by atoms with E-state index >= 15 is 0 Å². The summed E-state index contributed by atoms with van der Waals surface area (Å²) in [5.74, 6) is 1.15. The maximum absolute atomic E-state index is 12.1. The number of hydrogen-bond acceptors (Lipinski definition) is 7. The summed E-state index contributed by atoms with van der Waals surface area (Å²) in [5, 5.41) is 8.56. The van der Waals surface area contributed by atoms with E-state index in [9.17, 15) is 4.79 Å². The summed E-state index contributed by atoms with van der Waals surface area (Å²) in [6.07, 6.45) is 1.62. The van der Waals surface area contributed by atoms with Gasteiger partial charge in [-0.1, -0.05) is 5.16 Å². The monoisotopic (exact) mass is 344 g/mol. The Bertz CT molecular complexity index is 826. The topological polar surface area (TPSA) is 90.1 Å². The number of rotatable bonds is 6. The summed E-state index contributed by atoms with van der Waals surface area (Å²) < 4.78 is 10.5. The normalized spacial score (nSPS) is 10.6. The van der Waals surface area contributed by atoms with Crippen LogP contribution in [0.3, 0.4) is 0 Å². The predicted molar refractivity (Wildman–Crippen MR) is 88.9 cm³/mol. The molecule has 0 fully saturated rings. The van der Waals surface area contributed by atoms with Crippen molar-refractivity contribution in [2.24, 2.45) is 0 Å². The lowest BCUT2D eigenvalue weighted by Gasteiger charge is -2.01. The first-order chi connectivity index (χ1) is 11.7. The van der Waals surface area contributed by atoms with Gasteiger partial charge in [0.15, 0.2) is 0 Å². The Morgan fingerprint density at radius 1 is 1.38 bits per heavy atom. The average molecular weight is 344 g/mol. The van der Waals surface area contributed by atoms with Crippen LogP contribution in [0.1, 0.15) is 28.0 Å². The Morgan fingerprint density at radius 3 is 2.92 bits per heavy atom. The summed E-state index contributed by atoms with van der Waals surface area (Å²) in [6, 6.07) is 5.46. The Morgan fingerprint density at radius 2 is 2.25 bits per heavy atom. The molecule has 3 heterocycles. The van der Waals surface area contributed by atoms with Crippen LogP contribution in [0.5, 0.6) is 5.88 Å². The fourth-order valence-electron chi connectivity index (χ4n) is 2.03. The van der Waals surface area contributed by atoms with Gasteiger partial charge in [-0.3, -0.25) is 4.79 Å². The molecule has 0 aliphatic rings. The molecule has 7 nitrogen and oxygen atoms in total. The fourth-order valence-corrected chi connectivity index (χ4v) is 2.87. The van der Waals surface area contributed by atoms with E-state index in [1.165, 1.54) is 11.3 Å². The number of carbonyl (C=O) groups is 1. The van der Waals surface area contributed by atoms with E-state index in [2.05, 4.69) is 20.4 Å². The second-order valence-electron chi connectivity index (χ2n) is 4.95. The first-order valence-corrected chi connectivity index (χ1v) is 8.29. The van der Waals surface area contributed by atoms with E-state index in [0.717, 1.165) is 5.56 Å². The summed E-state index contributed by atoms with van der Waals surface area (Å²) in [7, 11) is 0. The fraction of sp³-hybridized carbons (Fsp3) is 0.250. The summed E-state index contributed by atoms with van der Waals surface area (Å²) in [6.45, 7) is 4.53. The van der Waals surface area contributed by atoms with Crippen molar-refractivity contribution in [3.8, 4) is 17.3 Å². The van der Waals surface area contributed by atoms with Gasteiger partial charge in [0.25, 0.3) is 5.91 Å². The molecule has 1 amide bonds. The molecule has 0 aliphatic carbocycles. The standard InChI is InChI=1S/C16H16N4O3S/c1-3-22-12-5-4-11(8-17-12)15-19-13(23-20-15)9-18-16(21)14-10(2)6-7-24-14/h4-8H,3,9H2,1-2H3,(H,18,21). The molecule has 8 heteroatoms. The van der Waals surface area contributed by atoms with E-state index < -0.39 is 0 Å². The molecule has 3 aromatic rings. The van der Waals surface area contributed by atoms with Crippen LogP contribution in [0.4, 0.5) is 0 Å². The van der Waals surface area contributed by atoms with Gasteiger partial charge in [-0.25, -0.2) is 4.98 Å². The molecule has 0 atom stereocenters. The lowest BCUT2D eigenvalue weighted by atomic mass is 10.3. The van der Waals surface area contributed by atoms with Gasteiger partial charge in [0.2, 0.25) is 17.6 Å². The number of nitrogens with one attached hydrogen (secondary N) is 1. The van der Waals surface area contributed by atoms with Crippen molar-refractivity contribution in [2.75, 3.05) is 6.61 Å². The maximum atomic E-state index is 12.1. The van der Waals surface area contributed by atoms with Gasteiger partial charge >= 0.3 is 0 Å². The molecular formula is C16H16N4O3S. The summed E-state index contributed by atoms with van der Waals surface area (Å²) >= 11 is 1.40. The smallest absolute Gasteiger partial charge is 0.262 e. The van der Waals surface area contributed by atoms with E-state index in [1.54, 1.807) is 18.3 Å². The van der Waals surface area contributed by atoms with Crippen LogP contribution in [-0.4, -0.2) is 27.6 Å². The Labute approximate surface area is 142 Å². The molecule has 0 radical (unpaired) electrons. The van der Waals surface area contributed by atoms with Crippen LogP contribution in [0.25, 0.3) is 11.4 Å².